The van der Waals surface area contributed by atoms with Crippen LogP contribution in [0.1, 0.15) is 49.8 Å². The highest BCUT2D eigenvalue weighted by molar-refractivity contribution is 5.90. The summed E-state index contributed by atoms with van der Waals surface area (Å²) in [4.78, 5) is 11.7. The average molecular weight is 225 g/mol. The zero-order chi connectivity index (χ0) is 12.3. The minimum Gasteiger partial charge on any atom is -0.461 e. The predicted molar refractivity (Wildman–Crippen MR) is 62.4 cm³/mol. The van der Waals surface area contributed by atoms with Gasteiger partial charge in [-0.15, -0.1) is 0 Å². The first kappa shape index (κ1) is 12.5. The van der Waals surface area contributed by atoms with Gasteiger partial charge in [0, 0.05) is 11.6 Å². The van der Waals surface area contributed by atoms with Crippen LogP contribution in [0.5, 0.6) is 0 Å². The van der Waals surface area contributed by atoms with E-state index in [1.807, 2.05) is 20.8 Å². The molecule has 0 unspecified atom stereocenters. The molecule has 0 fully saturated rings. The van der Waals surface area contributed by atoms with Crippen LogP contribution in [0, 0.1) is 0 Å². The van der Waals surface area contributed by atoms with Gasteiger partial charge in [0.1, 0.15) is 5.82 Å². The van der Waals surface area contributed by atoms with Gasteiger partial charge in [-0.1, -0.05) is 6.92 Å². The van der Waals surface area contributed by atoms with Crippen LogP contribution in [0.15, 0.2) is 0 Å². The summed E-state index contributed by atoms with van der Waals surface area (Å²) in [6.07, 6.45) is 0.673. The van der Waals surface area contributed by atoms with E-state index in [4.69, 9.17) is 10.5 Å². The van der Waals surface area contributed by atoms with Gasteiger partial charge in [0.05, 0.1) is 6.61 Å². The summed E-state index contributed by atoms with van der Waals surface area (Å²) in [5.41, 5.74) is 7.06. The monoisotopic (exact) mass is 225 g/mol. The Hall–Kier alpha value is -1.52. The summed E-state index contributed by atoms with van der Waals surface area (Å²) in [7, 11) is 0. The van der Waals surface area contributed by atoms with Crippen molar-refractivity contribution in [2.45, 2.75) is 40.2 Å². The number of nitrogen functional groups attached to an aromatic ring is 1. The van der Waals surface area contributed by atoms with E-state index in [0.717, 1.165) is 5.56 Å². The van der Waals surface area contributed by atoms with E-state index in [2.05, 4.69) is 5.10 Å². The Morgan fingerprint density at radius 2 is 2.12 bits per heavy atom. The number of anilines is 1. The van der Waals surface area contributed by atoms with Gasteiger partial charge in [0.25, 0.3) is 0 Å². The third-order valence-corrected chi connectivity index (χ3v) is 2.36. The zero-order valence-corrected chi connectivity index (χ0v) is 10.3. The molecule has 0 aliphatic heterocycles. The minimum atomic E-state index is -0.398. The van der Waals surface area contributed by atoms with Crippen molar-refractivity contribution in [1.29, 1.82) is 0 Å². The first-order valence-electron chi connectivity index (χ1n) is 5.56. The van der Waals surface area contributed by atoms with E-state index in [0.29, 0.717) is 24.5 Å². The molecule has 0 radical (unpaired) electrons. The molecule has 5 heteroatoms. The van der Waals surface area contributed by atoms with Crippen LogP contribution in [0.3, 0.4) is 0 Å². The Morgan fingerprint density at radius 1 is 1.50 bits per heavy atom. The van der Waals surface area contributed by atoms with Gasteiger partial charge in [-0.05, 0) is 27.2 Å². The van der Waals surface area contributed by atoms with Crippen molar-refractivity contribution in [3.05, 3.63) is 11.3 Å². The van der Waals surface area contributed by atoms with Gasteiger partial charge in [0.2, 0.25) is 0 Å². The van der Waals surface area contributed by atoms with Crippen LogP contribution in [0.4, 0.5) is 5.82 Å². The van der Waals surface area contributed by atoms with E-state index < -0.39 is 5.97 Å². The second kappa shape index (κ2) is 5.01. The van der Waals surface area contributed by atoms with E-state index in [-0.39, 0.29) is 6.04 Å². The van der Waals surface area contributed by atoms with Crippen molar-refractivity contribution in [1.82, 2.24) is 9.78 Å². The SMILES string of the molecule is CCOC(=O)c1nn(C(C)C)c(N)c1CC. The summed E-state index contributed by atoms with van der Waals surface area (Å²) in [5, 5.41) is 4.22. The van der Waals surface area contributed by atoms with Crippen LogP contribution >= 0.6 is 0 Å². The molecule has 0 saturated carbocycles. The number of nitrogens with zero attached hydrogens (tertiary/aromatic N) is 2. The van der Waals surface area contributed by atoms with E-state index in [9.17, 15) is 4.79 Å². The molecule has 0 spiro atoms. The van der Waals surface area contributed by atoms with Gasteiger partial charge < -0.3 is 10.5 Å². The molecule has 0 aliphatic carbocycles. The summed E-state index contributed by atoms with van der Waals surface area (Å²) in [6.45, 7) is 8.00. The fourth-order valence-corrected chi connectivity index (χ4v) is 1.59. The molecule has 90 valence electrons. The molecule has 5 nitrogen and oxygen atoms in total. The van der Waals surface area contributed by atoms with Gasteiger partial charge >= 0.3 is 5.97 Å². The number of ether oxygens (including phenoxy) is 1. The molecule has 16 heavy (non-hydrogen) atoms. The molecule has 0 aromatic carbocycles. The maximum absolute atomic E-state index is 11.7. The highest BCUT2D eigenvalue weighted by Crippen LogP contribution is 2.21. The number of hydrogen-bond donors (Lipinski definition) is 1. The molecule has 0 aliphatic rings. The summed E-state index contributed by atoms with van der Waals surface area (Å²) >= 11 is 0. The van der Waals surface area contributed by atoms with Gasteiger partial charge in [-0.2, -0.15) is 5.10 Å². The molecule has 0 amide bonds. The molecule has 1 heterocycles. The summed E-state index contributed by atoms with van der Waals surface area (Å²) < 4.78 is 6.61. The number of carbonyl (C=O) groups excluding carboxylic acids is 1. The second-order valence-electron chi connectivity index (χ2n) is 3.82. The molecule has 1 aromatic rings. The first-order chi connectivity index (χ1) is 7.52. The van der Waals surface area contributed by atoms with Crippen LogP contribution in [-0.4, -0.2) is 22.4 Å². The van der Waals surface area contributed by atoms with Crippen LogP contribution in [0.2, 0.25) is 0 Å². The van der Waals surface area contributed by atoms with E-state index in [1.54, 1.807) is 11.6 Å². The topological polar surface area (TPSA) is 70.1 Å². The molecule has 0 saturated heterocycles. The molecule has 2 N–H and O–H groups in total. The average Bonchev–Trinajstić information content (AvgIpc) is 2.55. The highest BCUT2D eigenvalue weighted by Gasteiger charge is 2.21. The molecule has 1 rings (SSSR count). The lowest BCUT2D eigenvalue weighted by atomic mass is 10.2. The number of esters is 1. The number of nitrogens with two attached hydrogens (primary N) is 1. The molecule has 1 aromatic heterocycles. The first-order valence-corrected chi connectivity index (χ1v) is 5.56. The van der Waals surface area contributed by atoms with Crippen LogP contribution in [-0.2, 0) is 11.2 Å². The number of hydrogen-bond acceptors (Lipinski definition) is 4. The summed E-state index contributed by atoms with van der Waals surface area (Å²) in [5.74, 6) is 0.158. The van der Waals surface area contributed by atoms with Gasteiger partial charge in [-0.3, -0.25) is 0 Å². The van der Waals surface area contributed by atoms with E-state index in [1.165, 1.54) is 0 Å². The van der Waals surface area contributed by atoms with Crippen molar-refractivity contribution < 1.29 is 9.53 Å². The third-order valence-electron chi connectivity index (χ3n) is 2.36. The van der Waals surface area contributed by atoms with Gasteiger partial charge in [-0.25, -0.2) is 9.48 Å². The zero-order valence-electron chi connectivity index (χ0n) is 10.3. The molecule has 0 atom stereocenters. The predicted octanol–water partition coefficient (Wildman–Crippen LogP) is 1.79. The second-order valence-corrected chi connectivity index (χ2v) is 3.82. The lowest BCUT2D eigenvalue weighted by Crippen LogP contribution is -2.09. The summed E-state index contributed by atoms with van der Waals surface area (Å²) in [6, 6.07) is 0.133. The molecule has 0 bridgehead atoms. The molecular formula is C11H19N3O2. The quantitative estimate of drug-likeness (QED) is 0.793. The number of carbonyl (C=O) groups is 1. The largest absolute Gasteiger partial charge is 0.461 e. The standard InChI is InChI=1S/C11H19N3O2/c1-5-8-9(11(15)16-6-2)13-14(7(3)4)10(8)12/h7H,5-6,12H2,1-4H3. The fourth-order valence-electron chi connectivity index (χ4n) is 1.59. The third kappa shape index (κ3) is 2.18. The van der Waals surface area contributed by atoms with E-state index >= 15 is 0 Å². The Balaban J connectivity index is 3.18. The Morgan fingerprint density at radius 3 is 2.56 bits per heavy atom. The number of aromatic nitrogens is 2. The number of rotatable bonds is 4. The smallest absolute Gasteiger partial charge is 0.359 e. The van der Waals surface area contributed by atoms with Crippen molar-refractivity contribution >= 4 is 11.8 Å². The van der Waals surface area contributed by atoms with Crippen LogP contribution < -0.4 is 5.73 Å². The lowest BCUT2D eigenvalue weighted by molar-refractivity contribution is 0.0517. The highest BCUT2D eigenvalue weighted by atomic mass is 16.5. The van der Waals surface area contributed by atoms with Crippen molar-refractivity contribution in [3.8, 4) is 0 Å². The van der Waals surface area contributed by atoms with Crippen LogP contribution in [0.25, 0.3) is 0 Å². The lowest BCUT2D eigenvalue weighted by Gasteiger charge is -2.07. The Kier molecular flexibility index (Phi) is 3.93. The van der Waals surface area contributed by atoms with Crippen molar-refractivity contribution in [2.24, 2.45) is 0 Å². The van der Waals surface area contributed by atoms with Crippen molar-refractivity contribution in [2.75, 3.05) is 12.3 Å². The Bertz CT molecular complexity index is 383. The minimum absolute atomic E-state index is 0.133. The maximum atomic E-state index is 11.7. The van der Waals surface area contributed by atoms with Crippen molar-refractivity contribution in [3.63, 3.8) is 0 Å². The normalized spacial score (nSPS) is 10.8. The Labute approximate surface area is 95.6 Å². The van der Waals surface area contributed by atoms with Gasteiger partial charge in [0.15, 0.2) is 5.69 Å². The molecular weight excluding hydrogens is 206 g/mol. The fraction of sp³-hybridized carbons (Fsp3) is 0.636. The maximum Gasteiger partial charge on any atom is 0.359 e.